The number of sulfonamides is 1. The molecule has 0 fully saturated rings. The monoisotopic (exact) mass is 300 g/mol. The second kappa shape index (κ2) is 5.28. The van der Waals surface area contributed by atoms with E-state index < -0.39 is 15.8 Å². The van der Waals surface area contributed by atoms with E-state index in [1.807, 2.05) is 16.8 Å². The number of nitrogen functional groups attached to an aromatic ring is 1. The molecule has 0 aliphatic heterocycles. The summed E-state index contributed by atoms with van der Waals surface area (Å²) in [4.78, 5) is -0.136. The van der Waals surface area contributed by atoms with Crippen molar-refractivity contribution < 1.29 is 12.8 Å². The fraction of sp³-hybridized carbons (Fsp3) is 0.167. The van der Waals surface area contributed by atoms with Crippen LogP contribution in [0.25, 0.3) is 0 Å². The van der Waals surface area contributed by atoms with Crippen molar-refractivity contribution in [3.8, 4) is 0 Å². The van der Waals surface area contributed by atoms with Crippen molar-refractivity contribution in [3.05, 3.63) is 46.4 Å². The van der Waals surface area contributed by atoms with Gasteiger partial charge in [0.25, 0.3) is 0 Å². The number of nitrogens with two attached hydrogens (primary N) is 1. The molecule has 1 aromatic carbocycles. The number of nitrogens with zero attached hydrogens (tertiary/aromatic N) is 1. The van der Waals surface area contributed by atoms with Crippen molar-refractivity contribution in [3.63, 3.8) is 0 Å². The first-order chi connectivity index (χ1) is 8.89. The molecule has 0 atom stereocenters. The molecule has 1 aromatic heterocycles. The third-order valence-electron chi connectivity index (χ3n) is 2.59. The van der Waals surface area contributed by atoms with E-state index in [4.69, 9.17) is 5.73 Å². The van der Waals surface area contributed by atoms with E-state index >= 15 is 0 Å². The molecule has 7 heteroatoms. The topological polar surface area (TPSA) is 63.4 Å². The summed E-state index contributed by atoms with van der Waals surface area (Å²) in [6.45, 7) is 0.238. The minimum absolute atomic E-state index is 0.0857. The summed E-state index contributed by atoms with van der Waals surface area (Å²) >= 11 is 1.49. The molecule has 0 unspecified atom stereocenters. The Kier molecular flexibility index (Phi) is 3.88. The molecule has 4 nitrogen and oxygen atoms in total. The van der Waals surface area contributed by atoms with Gasteiger partial charge in [0, 0.05) is 19.3 Å². The summed E-state index contributed by atoms with van der Waals surface area (Å²) in [7, 11) is -2.29. The lowest BCUT2D eigenvalue weighted by Crippen LogP contribution is -2.26. The third kappa shape index (κ3) is 3.12. The van der Waals surface area contributed by atoms with Gasteiger partial charge in [0.2, 0.25) is 10.0 Å². The summed E-state index contributed by atoms with van der Waals surface area (Å²) in [6.07, 6.45) is 0. The van der Waals surface area contributed by atoms with Gasteiger partial charge in [-0.05, 0) is 40.6 Å². The van der Waals surface area contributed by atoms with Gasteiger partial charge in [-0.3, -0.25) is 0 Å². The molecule has 1 heterocycles. The SMILES string of the molecule is CN(Cc1ccsc1)S(=O)(=O)c1cc(N)cc(F)c1. The predicted octanol–water partition coefficient (Wildman–Crippen LogP) is 2.29. The Morgan fingerprint density at radius 3 is 2.68 bits per heavy atom. The van der Waals surface area contributed by atoms with Crippen molar-refractivity contribution in [1.82, 2.24) is 4.31 Å². The second-order valence-electron chi connectivity index (χ2n) is 4.11. The zero-order valence-corrected chi connectivity index (χ0v) is 11.8. The van der Waals surface area contributed by atoms with Crippen molar-refractivity contribution in [1.29, 1.82) is 0 Å². The van der Waals surface area contributed by atoms with Gasteiger partial charge in [0.05, 0.1) is 4.90 Å². The molecule has 19 heavy (non-hydrogen) atoms. The molecule has 0 bridgehead atoms. The number of anilines is 1. The van der Waals surface area contributed by atoms with Crippen molar-refractivity contribution in [2.75, 3.05) is 12.8 Å². The molecule has 102 valence electrons. The van der Waals surface area contributed by atoms with Gasteiger partial charge in [-0.1, -0.05) is 0 Å². The van der Waals surface area contributed by atoms with Gasteiger partial charge >= 0.3 is 0 Å². The summed E-state index contributed by atoms with van der Waals surface area (Å²) in [5.74, 6) is -0.664. The second-order valence-corrected chi connectivity index (χ2v) is 6.94. The van der Waals surface area contributed by atoms with Gasteiger partial charge in [0.1, 0.15) is 5.82 Å². The Balaban J connectivity index is 2.31. The van der Waals surface area contributed by atoms with E-state index in [1.54, 1.807) is 0 Å². The standard InChI is InChI=1S/C12H13FN2O2S2/c1-15(7-9-2-3-18-8-9)19(16,17)12-5-10(13)4-11(14)6-12/h2-6,8H,7,14H2,1H3. The number of rotatable bonds is 4. The van der Waals surface area contributed by atoms with Gasteiger partial charge in [0.15, 0.2) is 0 Å². The van der Waals surface area contributed by atoms with E-state index in [-0.39, 0.29) is 17.1 Å². The Hall–Kier alpha value is -1.44. The Bertz CT molecular complexity index is 649. The van der Waals surface area contributed by atoms with Crippen molar-refractivity contribution in [2.45, 2.75) is 11.4 Å². The first-order valence-electron chi connectivity index (χ1n) is 5.43. The molecular formula is C12H13FN2O2S2. The highest BCUT2D eigenvalue weighted by Gasteiger charge is 2.22. The van der Waals surface area contributed by atoms with E-state index in [0.717, 1.165) is 17.7 Å². The Morgan fingerprint density at radius 1 is 1.37 bits per heavy atom. The molecule has 0 aliphatic carbocycles. The van der Waals surface area contributed by atoms with E-state index in [0.29, 0.717) is 0 Å². The molecule has 0 spiro atoms. The van der Waals surface area contributed by atoms with Crippen LogP contribution in [-0.4, -0.2) is 19.8 Å². The van der Waals surface area contributed by atoms with Crippen LogP contribution in [0.3, 0.4) is 0 Å². The summed E-state index contributed by atoms with van der Waals surface area (Å²) < 4.78 is 38.9. The quantitative estimate of drug-likeness (QED) is 0.881. The molecule has 2 rings (SSSR count). The molecular weight excluding hydrogens is 287 g/mol. The fourth-order valence-electron chi connectivity index (χ4n) is 1.64. The lowest BCUT2D eigenvalue weighted by Gasteiger charge is -2.17. The molecule has 0 amide bonds. The maximum absolute atomic E-state index is 13.2. The first-order valence-corrected chi connectivity index (χ1v) is 7.81. The number of halogens is 1. The highest BCUT2D eigenvalue weighted by Crippen LogP contribution is 2.21. The Morgan fingerprint density at radius 2 is 2.11 bits per heavy atom. The first kappa shape index (κ1) is 14.0. The molecule has 2 N–H and O–H groups in total. The largest absolute Gasteiger partial charge is 0.399 e. The van der Waals surface area contributed by atoms with Crippen LogP contribution in [0.4, 0.5) is 10.1 Å². The van der Waals surface area contributed by atoms with Crippen LogP contribution < -0.4 is 5.73 Å². The van der Waals surface area contributed by atoms with Crippen LogP contribution in [0, 0.1) is 5.82 Å². The Labute approximate surface area is 115 Å². The number of hydrogen-bond donors (Lipinski definition) is 1. The highest BCUT2D eigenvalue weighted by atomic mass is 32.2. The highest BCUT2D eigenvalue weighted by molar-refractivity contribution is 7.89. The predicted molar refractivity (Wildman–Crippen MR) is 73.8 cm³/mol. The molecule has 0 radical (unpaired) electrons. The number of hydrogen-bond acceptors (Lipinski definition) is 4. The van der Waals surface area contributed by atoms with Gasteiger partial charge in [-0.15, -0.1) is 0 Å². The van der Waals surface area contributed by atoms with Crippen LogP contribution in [0.1, 0.15) is 5.56 Å². The average Bonchev–Trinajstić information content (AvgIpc) is 2.80. The third-order valence-corrected chi connectivity index (χ3v) is 5.10. The summed E-state index contributed by atoms with van der Waals surface area (Å²) in [6, 6.07) is 5.15. The van der Waals surface area contributed by atoms with E-state index in [1.165, 1.54) is 28.8 Å². The van der Waals surface area contributed by atoms with Crippen LogP contribution in [0.15, 0.2) is 39.9 Å². The van der Waals surface area contributed by atoms with Crippen molar-refractivity contribution in [2.24, 2.45) is 0 Å². The zero-order valence-electron chi connectivity index (χ0n) is 10.2. The minimum Gasteiger partial charge on any atom is -0.399 e. The van der Waals surface area contributed by atoms with Crippen molar-refractivity contribution >= 4 is 27.0 Å². The van der Waals surface area contributed by atoms with Gasteiger partial charge < -0.3 is 5.73 Å². The van der Waals surface area contributed by atoms with Gasteiger partial charge in [-0.25, -0.2) is 12.8 Å². The zero-order chi connectivity index (χ0) is 14.0. The average molecular weight is 300 g/mol. The summed E-state index contributed by atoms with van der Waals surface area (Å²) in [5, 5.41) is 3.74. The maximum Gasteiger partial charge on any atom is 0.243 e. The molecule has 0 saturated heterocycles. The molecule has 2 aromatic rings. The maximum atomic E-state index is 13.2. The summed E-state index contributed by atoms with van der Waals surface area (Å²) in [5.41, 5.74) is 6.45. The van der Waals surface area contributed by atoms with Crippen LogP contribution in [0.2, 0.25) is 0 Å². The normalized spacial score (nSPS) is 11.9. The smallest absolute Gasteiger partial charge is 0.243 e. The molecule has 0 aliphatic rings. The van der Waals surface area contributed by atoms with Crippen LogP contribution in [0.5, 0.6) is 0 Å². The number of thiophene rings is 1. The van der Waals surface area contributed by atoms with E-state index in [2.05, 4.69) is 0 Å². The molecule has 0 saturated carbocycles. The van der Waals surface area contributed by atoms with Gasteiger partial charge in [-0.2, -0.15) is 15.6 Å². The van der Waals surface area contributed by atoms with Crippen LogP contribution in [-0.2, 0) is 16.6 Å². The number of benzene rings is 1. The minimum atomic E-state index is -3.74. The lowest BCUT2D eigenvalue weighted by atomic mass is 10.3. The fourth-order valence-corrected chi connectivity index (χ4v) is 3.52. The lowest BCUT2D eigenvalue weighted by molar-refractivity contribution is 0.466. The van der Waals surface area contributed by atoms with Crippen LogP contribution >= 0.6 is 11.3 Å². The van der Waals surface area contributed by atoms with E-state index in [9.17, 15) is 12.8 Å².